The molecule has 4 heteroatoms. The third kappa shape index (κ3) is 1.89. The number of anilines is 1. The number of Topliss-reactive ketones (excluding diaryl/α,β-unsaturated/α-hetero) is 1. The van der Waals surface area contributed by atoms with E-state index in [4.69, 9.17) is 5.73 Å². The number of alkyl halides is 2. The smallest absolute Gasteiger partial charge is 0.265 e. The molecule has 2 nitrogen and oxygen atoms in total. The van der Waals surface area contributed by atoms with Crippen molar-refractivity contribution in [3.05, 3.63) is 28.8 Å². The van der Waals surface area contributed by atoms with Gasteiger partial charge in [0.25, 0.3) is 6.43 Å². The first kappa shape index (κ1) is 10.6. The lowest BCUT2D eigenvalue weighted by Gasteiger charge is -2.09. The molecule has 76 valence electrons. The van der Waals surface area contributed by atoms with E-state index in [-0.39, 0.29) is 22.6 Å². The first-order valence-electron chi connectivity index (χ1n) is 4.12. The van der Waals surface area contributed by atoms with Gasteiger partial charge in [0.2, 0.25) is 0 Å². The molecule has 1 aromatic carbocycles. The van der Waals surface area contributed by atoms with Gasteiger partial charge in [-0.05, 0) is 31.5 Å². The summed E-state index contributed by atoms with van der Waals surface area (Å²) in [4.78, 5) is 11.0. The molecule has 0 saturated carbocycles. The number of ketones is 1. The lowest BCUT2D eigenvalue weighted by molar-refractivity contribution is 0.101. The fourth-order valence-corrected chi connectivity index (χ4v) is 1.21. The van der Waals surface area contributed by atoms with Crippen molar-refractivity contribution in [3.8, 4) is 0 Å². The Labute approximate surface area is 80.7 Å². The molecule has 0 amide bonds. The maximum atomic E-state index is 12.5. The largest absolute Gasteiger partial charge is 0.398 e. The molecular weight excluding hydrogens is 188 g/mol. The first-order valence-corrected chi connectivity index (χ1v) is 4.12. The predicted molar refractivity (Wildman–Crippen MR) is 50.6 cm³/mol. The van der Waals surface area contributed by atoms with Gasteiger partial charge in [0, 0.05) is 16.8 Å². The monoisotopic (exact) mass is 199 g/mol. The number of halogens is 2. The molecule has 1 aromatic rings. The molecule has 14 heavy (non-hydrogen) atoms. The summed E-state index contributed by atoms with van der Waals surface area (Å²) in [6, 6.07) is 2.67. The van der Waals surface area contributed by atoms with Crippen LogP contribution >= 0.6 is 0 Å². The number of carbonyl (C=O) groups excluding carboxylic acids is 1. The lowest BCUT2D eigenvalue weighted by atomic mass is 10.0. The van der Waals surface area contributed by atoms with Crippen LogP contribution in [0.2, 0.25) is 0 Å². The van der Waals surface area contributed by atoms with Crippen molar-refractivity contribution in [2.45, 2.75) is 20.3 Å². The van der Waals surface area contributed by atoms with Crippen LogP contribution in [-0.2, 0) is 0 Å². The highest BCUT2D eigenvalue weighted by Gasteiger charge is 2.15. The van der Waals surface area contributed by atoms with Crippen LogP contribution in [-0.4, -0.2) is 5.78 Å². The molecule has 0 unspecified atom stereocenters. The van der Waals surface area contributed by atoms with E-state index in [0.29, 0.717) is 5.56 Å². The zero-order valence-corrected chi connectivity index (χ0v) is 7.97. The molecule has 0 spiro atoms. The van der Waals surface area contributed by atoms with Gasteiger partial charge >= 0.3 is 0 Å². The summed E-state index contributed by atoms with van der Waals surface area (Å²) in [5.74, 6) is -0.241. The molecule has 0 radical (unpaired) electrons. The van der Waals surface area contributed by atoms with Crippen LogP contribution in [0.1, 0.15) is 34.8 Å². The number of rotatable bonds is 2. The molecule has 0 aromatic heterocycles. The Balaban J connectivity index is 3.35. The van der Waals surface area contributed by atoms with E-state index in [0.717, 1.165) is 6.07 Å². The van der Waals surface area contributed by atoms with Gasteiger partial charge in [-0.15, -0.1) is 0 Å². The summed E-state index contributed by atoms with van der Waals surface area (Å²) >= 11 is 0. The third-order valence-electron chi connectivity index (χ3n) is 2.06. The quantitative estimate of drug-likeness (QED) is 0.587. The number of nitrogens with two attached hydrogens (primary N) is 1. The molecule has 1 rings (SSSR count). The SMILES string of the molecule is CC(=O)c1cc(C)c(N)c(C(F)F)c1. The van der Waals surface area contributed by atoms with Crippen molar-refractivity contribution in [1.82, 2.24) is 0 Å². The average molecular weight is 199 g/mol. The van der Waals surface area contributed by atoms with Gasteiger partial charge in [0.05, 0.1) is 0 Å². The van der Waals surface area contributed by atoms with Crippen LogP contribution in [0.15, 0.2) is 12.1 Å². The van der Waals surface area contributed by atoms with E-state index in [2.05, 4.69) is 0 Å². The Morgan fingerprint density at radius 3 is 2.43 bits per heavy atom. The summed E-state index contributed by atoms with van der Waals surface area (Å²) in [6.07, 6.45) is -2.65. The van der Waals surface area contributed by atoms with Crippen LogP contribution < -0.4 is 5.73 Å². The average Bonchev–Trinajstić information content (AvgIpc) is 2.08. The van der Waals surface area contributed by atoms with Crippen LogP contribution in [0.25, 0.3) is 0 Å². The molecule has 0 heterocycles. The summed E-state index contributed by atoms with van der Waals surface area (Å²) in [7, 11) is 0. The normalized spacial score (nSPS) is 10.6. The molecule has 0 aliphatic carbocycles. The number of hydrogen-bond acceptors (Lipinski definition) is 2. The van der Waals surface area contributed by atoms with E-state index in [1.54, 1.807) is 6.92 Å². The zero-order chi connectivity index (χ0) is 10.9. The van der Waals surface area contributed by atoms with Crippen LogP contribution in [0.5, 0.6) is 0 Å². The van der Waals surface area contributed by atoms with Crippen LogP contribution in [0, 0.1) is 6.92 Å². The Morgan fingerprint density at radius 1 is 1.43 bits per heavy atom. The van der Waals surface area contributed by atoms with Crippen molar-refractivity contribution in [3.63, 3.8) is 0 Å². The molecule has 0 atom stereocenters. The van der Waals surface area contributed by atoms with Crippen LogP contribution in [0.3, 0.4) is 0 Å². The maximum absolute atomic E-state index is 12.5. The highest BCUT2D eigenvalue weighted by atomic mass is 19.3. The second-order valence-electron chi connectivity index (χ2n) is 3.15. The number of nitrogen functional groups attached to an aromatic ring is 1. The molecule has 0 aliphatic rings. The lowest BCUT2D eigenvalue weighted by Crippen LogP contribution is -2.02. The highest BCUT2D eigenvalue weighted by Crippen LogP contribution is 2.28. The molecule has 0 bridgehead atoms. The van der Waals surface area contributed by atoms with Crippen molar-refractivity contribution < 1.29 is 13.6 Å². The van der Waals surface area contributed by atoms with Gasteiger partial charge in [-0.2, -0.15) is 0 Å². The summed E-state index contributed by atoms with van der Waals surface area (Å²) in [5, 5.41) is 0. The van der Waals surface area contributed by atoms with E-state index in [1.165, 1.54) is 13.0 Å². The second kappa shape index (κ2) is 3.74. The minimum absolute atomic E-state index is 0.0602. The summed E-state index contributed by atoms with van der Waals surface area (Å²) < 4.78 is 24.9. The Hall–Kier alpha value is -1.45. The topological polar surface area (TPSA) is 43.1 Å². The van der Waals surface area contributed by atoms with E-state index in [9.17, 15) is 13.6 Å². The van der Waals surface area contributed by atoms with Crippen molar-refractivity contribution in [1.29, 1.82) is 0 Å². The standard InChI is InChI=1S/C10H11F2NO/c1-5-3-7(6(2)14)4-8(9(5)13)10(11)12/h3-4,10H,13H2,1-2H3. The van der Waals surface area contributed by atoms with Crippen molar-refractivity contribution in [2.75, 3.05) is 5.73 Å². The first-order chi connectivity index (χ1) is 6.43. The summed E-state index contributed by atoms with van der Waals surface area (Å²) in [6.45, 7) is 2.94. The van der Waals surface area contributed by atoms with Gasteiger partial charge in [-0.1, -0.05) is 0 Å². The van der Waals surface area contributed by atoms with E-state index in [1.807, 2.05) is 0 Å². The number of hydrogen-bond donors (Lipinski definition) is 1. The third-order valence-corrected chi connectivity index (χ3v) is 2.06. The van der Waals surface area contributed by atoms with Crippen molar-refractivity contribution in [2.24, 2.45) is 0 Å². The van der Waals surface area contributed by atoms with E-state index >= 15 is 0 Å². The number of benzene rings is 1. The minimum atomic E-state index is -2.65. The Kier molecular flexibility index (Phi) is 2.84. The number of carbonyl (C=O) groups is 1. The fourth-order valence-electron chi connectivity index (χ4n) is 1.21. The second-order valence-corrected chi connectivity index (χ2v) is 3.15. The van der Waals surface area contributed by atoms with Gasteiger partial charge in [-0.25, -0.2) is 8.78 Å². The fraction of sp³-hybridized carbons (Fsp3) is 0.300. The Morgan fingerprint density at radius 2 is 2.00 bits per heavy atom. The molecule has 0 saturated heterocycles. The molecule has 2 N–H and O–H groups in total. The molecule has 0 fully saturated rings. The van der Waals surface area contributed by atoms with Gasteiger partial charge < -0.3 is 5.73 Å². The maximum Gasteiger partial charge on any atom is 0.265 e. The van der Waals surface area contributed by atoms with Gasteiger partial charge in [0.15, 0.2) is 5.78 Å². The minimum Gasteiger partial charge on any atom is -0.398 e. The zero-order valence-electron chi connectivity index (χ0n) is 7.97. The van der Waals surface area contributed by atoms with Crippen LogP contribution in [0.4, 0.5) is 14.5 Å². The van der Waals surface area contributed by atoms with Gasteiger partial charge in [0.1, 0.15) is 0 Å². The summed E-state index contributed by atoms with van der Waals surface area (Å²) in [5.41, 5.74) is 6.03. The molecular formula is C10H11F2NO. The Bertz CT molecular complexity index is 375. The van der Waals surface area contributed by atoms with Crippen molar-refractivity contribution >= 4 is 11.5 Å². The van der Waals surface area contributed by atoms with Gasteiger partial charge in [-0.3, -0.25) is 4.79 Å². The number of aryl methyl sites for hydroxylation is 1. The van der Waals surface area contributed by atoms with E-state index < -0.39 is 6.43 Å². The highest BCUT2D eigenvalue weighted by molar-refractivity contribution is 5.95. The predicted octanol–water partition coefficient (Wildman–Crippen LogP) is 2.72. The molecule has 0 aliphatic heterocycles.